The first kappa shape index (κ1) is 17.4. The van der Waals surface area contributed by atoms with Crippen LogP contribution in [0.3, 0.4) is 0 Å². The molecule has 0 aliphatic heterocycles. The van der Waals surface area contributed by atoms with Crippen LogP contribution in [0.2, 0.25) is 0 Å². The number of amides is 1. The molecule has 1 amide bonds. The second-order valence-electron chi connectivity index (χ2n) is 6.53. The monoisotopic (exact) mass is 318 g/mol. The summed E-state index contributed by atoms with van der Waals surface area (Å²) in [6.07, 6.45) is 9.16. The number of hydrogen-bond acceptors (Lipinski definition) is 3. The third kappa shape index (κ3) is 6.00. The van der Waals surface area contributed by atoms with Crippen LogP contribution in [-0.2, 0) is 4.79 Å². The molecule has 1 aromatic rings. The number of carbonyl (C=O) groups is 2. The summed E-state index contributed by atoms with van der Waals surface area (Å²) < 4.78 is 0. The quantitative estimate of drug-likeness (QED) is 0.808. The first-order chi connectivity index (χ1) is 11.0. The molecule has 1 aliphatic carbocycles. The number of carboxylic acid groups (broad SMARTS) is 1. The van der Waals surface area contributed by atoms with Crippen LogP contribution < -0.4 is 5.32 Å². The highest BCUT2D eigenvalue weighted by atomic mass is 16.4. The van der Waals surface area contributed by atoms with Gasteiger partial charge in [0.1, 0.15) is 0 Å². The van der Waals surface area contributed by atoms with E-state index in [1.807, 2.05) is 13.0 Å². The van der Waals surface area contributed by atoms with Gasteiger partial charge in [0.2, 0.25) is 0 Å². The summed E-state index contributed by atoms with van der Waals surface area (Å²) in [5.74, 6) is -0.382. The van der Waals surface area contributed by atoms with Gasteiger partial charge in [0.05, 0.1) is 5.56 Å². The number of rotatable bonds is 7. The van der Waals surface area contributed by atoms with Crippen LogP contribution in [-0.4, -0.2) is 28.0 Å². The van der Waals surface area contributed by atoms with Crippen LogP contribution in [0.1, 0.15) is 67.4 Å². The van der Waals surface area contributed by atoms with Crippen molar-refractivity contribution in [3.05, 3.63) is 29.6 Å². The van der Waals surface area contributed by atoms with Crippen molar-refractivity contribution >= 4 is 11.9 Å². The van der Waals surface area contributed by atoms with E-state index in [4.69, 9.17) is 5.11 Å². The zero-order valence-electron chi connectivity index (χ0n) is 13.8. The van der Waals surface area contributed by atoms with Crippen molar-refractivity contribution in [3.63, 3.8) is 0 Å². The Morgan fingerprint density at radius 2 is 2.04 bits per heavy atom. The normalized spacial score (nSPS) is 16.7. The van der Waals surface area contributed by atoms with Crippen molar-refractivity contribution in [2.75, 3.05) is 0 Å². The van der Waals surface area contributed by atoms with Crippen molar-refractivity contribution in [1.29, 1.82) is 0 Å². The predicted molar refractivity (Wildman–Crippen MR) is 88.3 cm³/mol. The van der Waals surface area contributed by atoms with E-state index in [0.29, 0.717) is 17.9 Å². The van der Waals surface area contributed by atoms with E-state index in [0.717, 1.165) is 12.1 Å². The summed E-state index contributed by atoms with van der Waals surface area (Å²) >= 11 is 0. The van der Waals surface area contributed by atoms with Gasteiger partial charge < -0.3 is 10.4 Å². The molecule has 2 N–H and O–H groups in total. The number of carboxylic acids is 1. The minimum Gasteiger partial charge on any atom is -0.481 e. The van der Waals surface area contributed by atoms with Crippen LogP contribution in [0.4, 0.5) is 0 Å². The maximum absolute atomic E-state index is 12.4. The molecule has 5 nitrogen and oxygen atoms in total. The molecule has 1 fully saturated rings. The number of aliphatic carboxylic acids is 1. The van der Waals surface area contributed by atoms with Gasteiger partial charge in [0, 0.05) is 24.4 Å². The topological polar surface area (TPSA) is 79.3 Å². The van der Waals surface area contributed by atoms with Gasteiger partial charge in [0.15, 0.2) is 0 Å². The summed E-state index contributed by atoms with van der Waals surface area (Å²) in [5, 5.41) is 11.9. The van der Waals surface area contributed by atoms with E-state index < -0.39 is 5.97 Å². The molecule has 5 heteroatoms. The van der Waals surface area contributed by atoms with E-state index in [-0.39, 0.29) is 18.4 Å². The van der Waals surface area contributed by atoms with Crippen LogP contribution in [0.5, 0.6) is 0 Å². The average Bonchev–Trinajstić information content (AvgIpc) is 2.54. The molecule has 1 atom stereocenters. The van der Waals surface area contributed by atoms with E-state index >= 15 is 0 Å². The smallest absolute Gasteiger partial charge is 0.303 e. The van der Waals surface area contributed by atoms with E-state index in [9.17, 15) is 9.59 Å². The first-order valence-corrected chi connectivity index (χ1v) is 8.50. The van der Waals surface area contributed by atoms with Gasteiger partial charge >= 0.3 is 5.97 Å². The molecule has 23 heavy (non-hydrogen) atoms. The highest BCUT2D eigenvalue weighted by Crippen LogP contribution is 2.28. The van der Waals surface area contributed by atoms with Crippen LogP contribution in [0, 0.1) is 12.8 Å². The lowest BCUT2D eigenvalue weighted by atomic mass is 9.84. The van der Waals surface area contributed by atoms with Crippen molar-refractivity contribution in [2.24, 2.45) is 5.92 Å². The SMILES string of the molecule is Cc1ccc(C(=O)NC(CCC(=O)O)CC2CCCCC2)cn1. The van der Waals surface area contributed by atoms with E-state index in [2.05, 4.69) is 10.3 Å². The Balaban J connectivity index is 1.95. The number of hydrogen-bond donors (Lipinski definition) is 2. The Morgan fingerprint density at radius 1 is 1.30 bits per heavy atom. The molecule has 0 saturated heterocycles. The van der Waals surface area contributed by atoms with Gasteiger partial charge in [-0.2, -0.15) is 0 Å². The molecular formula is C18H26N2O3. The molecule has 0 spiro atoms. The van der Waals surface area contributed by atoms with Gasteiger partial charge in [-0.3, -0.25) is 14.6 Å². The number of carbonyl (C=O) groups excluding carboxylic acids is 1. The second-order valence-corrected chi connectivity index (χ2v) is 6.53. The maximum atomic E-state index is 12.4. The Bertz CT molecular complexity index is 522. The molecule has 0 aromatic carbocycles. The number of nitrogens with one attached hydrogen (secondary N) is 1. The highest BCUT2D eigenvalue weighted by Gasteiger charge is 2.21. The van der Waals surface area contributed by atoms with Gasteiger partial charge in [-0.05, 0) is 37.8 Å². The second kappa shape index (κ2) is 8.65. The maximum Gasteiger partial charge on any atom is 0.303 e. The van der Waals surface area contributed by atoms with E-state index in [1.165, 1.54) is 32.1 Å². The lowest BCUT2D eigenvalue weighted by molar-refractivity contribution is -0.137. The minimum atomic E-state index is -0.815. The lowest BCUT2D eigenvalue weighted by Gasteiger charge is -2.27. The van der Waals surface area contributed by atoms with Crippen molar-refractivity contribution in [1.82, 2.24) is 10.3 Å². The number of aromatic nitrogens is 1. The fraction of sp³-hybridized carbons (Fsp3) is 0.611. The van der Waals surface area contributed by atoms with Crippen molar-refractivity contribution in [2.45, 2.75) is 64.3 Å². The zero-order valence-corrected chi connectivity index (χ0v) is 13.8. The van der Waals surface area contributed by atoms with E-state index in [1.54, 1.807) is 12.3 Å². The molecule has 126 valence electrons. The largest absolute Gasteiger partial charge is 0.481 e. The van der Waals surface area contributed by atoms with Crippen molar-refractivity contribution < 1.29 is 14.7 Å². The Hall–Kier alpha value is -1.91. The van der Waals surface area contributed by atoms with Gasteiger partial charge in [-0.15, -0.1) is 0 Å². The molecular weight excluding hydrogens is 292 g/mol. The van der Waals surface area contributed by atoms with Crippen LogP contribution in [0.15, 0.2) is 18.3 Å². The fourth-order valence-electron chi connectivity index (χ4n) is 3.24. The summed E-state index contributed by atoms with van der Waals surface area (Å²) in [4.78, 5) is 27.4. The van der Waals surface area contributed by atoms with Crippen molar-refractivity contribution in [3.8, 4) is 0 Å². The molecule has 1 aliphatic rings. The number of pyridine rings is 1. The van der Waals surface area contributed by atoms with Crippen LogP contribution in [0.25, 0.3) is 0 Å². The van der Waals surface area contributed by atoms with Crippen LogP contribution >= 0.6 is 0 Å². The molecule has 1 heterocycles. The van der Waals surface area contributed by atoms with Gasteiger partial charge in [-0.1, -0.05) is 32.1 Å². The molecule has 1 aromatic heterocycles. The first-order valence-electron chi connectivity index (χ1n) is 8.50. The molecule has 1 unspecified atom stereocenters. The minimum absolute atomic E-state index is 0.0806. The van der Waals surface area contributed by atoms with Gasteiger partial charge in [0.25, 0.3) is 5.91 Å². The summed E-state index contributed by atoms with van der Waals surface area (Å²) in [7, 11) is 0. The fourth-order valence-corrected chi connectivity index (χ4v) is 3.24. The summed E-state index contributed by atoms with van der Waals surface area (Å²) in [6.45, 7) is 1.88. The lowest BCUT2D eigenvalue weighted by Crippen LogP contribution is -2.37. The van der Waals surface area contributed by atoms with Gasteiger partial charge in [-0.25, -0.2) is 0 Å². The Morgan fingerprint density at radius 3 is 2.65 bits per heavy atom. The molecule has 0 bridgehead atoms. The number of nitrogens with zero attached hydrogens (tertiary/aromatic N) is 1. The summed E-state index contributed by atoms with van der Waals surface area (Å²) in [6, 6.07) is 3.48. The molecule has 1 saturated carbocycles. The highest BCUT2D eigenvalue weighted by molar-refractivity contribution is 5.94. The Kier molecular flexibility index (Phi) is 6.56. The standard InChI is InChI=1S/C18H26N2O3/c1-13-7-8-15(12-19-13)18(23)20-16(9-10-17(21)22)11-14-5-3-2-4-6-14/h7-8,12,14,16H,2-6,9-11H2,1H3,(H,20,23)(H,21,22). The third-order valence-corrected chi connectivity index (χ3v) is 4.56. The Labute approximate surface area is 137 Å². The zero-order chi connectivity index (χ0) is 16.7. The molecule has 2 rings (SSSR count). The summed E-state index contributed by atoms with van der Waals surface area (Å²) in [5.41, 5.74) is 1.39. The number of aryl methyl sites for hydroxylation is 1. The molecule has 0 radical (unpaired) electrons. The predicted octanol–water partition coefficient (Wildman–Crippen LogP) is 3.32. The third-order valence-electron chi connectivity index (χ3n) is 4.56. The average molecular weight is 318 g/mol.